The van der Waals surface area contributed by atoms with E-state index in [1.807, 2.05) is 0 Å². The predicted molar refractivity (Wildman–Crippen MR) is 80.5 cm³/mol. The maximum atomic E-state index is 11.5. The molecule has 0 saturated heterocycles. The van der Waals surface area contributed by atoms with Crippen molar-refractivity contribution < 1.29 is 19.4 Å². The summed E-state index contributed by atoms with van der Waals surface area (Å²) in [5.41, 5.74) is 1.26. The molecular weight excluding hydrogens is 270 g/mol. The van der Waals surface area contributed by atoms with Gasteiger partial charge >= 0.3 is 5.97 Å². The second kappa shape index (κ2) is 9.94. The van der Waals surface area contributed by atoms with Gasteiger partial charge in [0.1, 0.15) is 6.61 Å². The molecule has 2 N–H and O–H groups in total. The second-order valence-electron chi connectivity index (χ2n) is 4.86. The average molecular weight is 293 g/mol. The van der Waals surface area contributed by atoms with E-state index in [-0.39, 0.29) is 18.1 Å². The number of nitrogens with one attached hydrogen (secondary N) is 1. The number of unbranched alkanes of at least 4 members (excludes halogenated alkanes) is 2. The van der Waals surface area contributed by atoms with Crippen molar-refractivity contribution in [1.82, 2.24) is 5.32 Å². The van der Waals surface area contributed by atoms with E-state index in [0.29, 0.717) is 19.6 Å². The molecule has 21 heavy (non-hydrogen) atoms. The maximum absolute atomic E-state index is 11.5. The van der Waals surface area contributed by atoms with Gasteiger partial charge in [0.05, 0.1) is 5.56 Å². The molecule has 1 amide bonds. The molecule has 5 nitrogen and oxygen atoms in total. The lowest BCUT2D eigenvalue weighted by atomic mass is 10.1. The standard InChI is InChI=1S/C16H23NO4/c1-2-3-4-11-21-12-15(18)17-10-9-13-5-7-14(8-6-13)16(19)20/h5-8H,2-4,9-12H2,1H3,(H,17,18)(H,19,20). The Morgan fingerprint density at radius 1 is 1.19 bits per heavy atom. The summed E-state index contributed by atoms with van der Waals surface area (Å²) in [6.45, 7) is 3.36. The Labute approximate surface area is 125 Å². The number of amides is 1. The van der Waals surface area contributed by atoms with Crippen LogP contribution in [0.1, 0.15) is 42.1 Å². The first-order valence-corrected chi connectivity index (χ1v) is 7.30. The summed E-state index contributed by atoms with van der Waals surface area (Å²) in [6.07, 6.45) is 3.91. The molecule has 5 heteroatoms. The topological polar surface area (TPSA) is 75.6 Å². The number of hydrogen-bond acceptors (Lipinski definition) is 3. The van der Waals surface area contributed by atoms with Crippen LogP contribution in [0, 0.1) is 0 Å². The van der Waals surface area contributed by atoms with Gasteiger partial charge in [0.2, 0.25) is 5.91 Å². The summed E-state index contributed by atoms with van der Waals surface area (Å²) < 4.78 is 5.27. The molecular formula is C16H23NO4. The zero-order valence-electron chi connectivity index (χ0n) is 12.4. The highest BCUT2D eigenvalue weighted by Crippen LogP contribution is 2.04. The maximum Gasteiger partial charge on any atom is 0.335 e. The fourth-order valence-corrected chi connectivity index (χ4v) is 1.83. The first-order valence-electron chi connectivity index (χ1n) is 7.30. The lowest BCUT2D eigenvalue weighted by molar-refractivity contribution is -0.125. The molecule has 0 heterocycles. The van der Waals surface area contributed by atoms with Crippen LogP contribution in [0.3, 0.4) is 0 Å². The molecule has 0 aliphatic rings. The molecule has 1 aromatic carbocycles. The van der Waals surface area contributed by atoms with Crippen molar-refractivity contribution in [2.24, 2.45) is 0 Å². The summed E-state index contributed by atoms with van der Waals surface area (Å²) in [6, 6.07) is 6.65. The van der Waals surface area contributed by atoms with Gasteiger partial charge in [0, 0.05) is 13.2 Å². The Morgan fingerprint density at radius 2 is 1.90 bits per heavy atom. The van der Waals surface area contributed by atoms with Crippen LogP contribution in [-0.4, -0.2) is 36.7 Å². The van der Waals surface area contributed by atoms with Crippen molar-refractivity contribution in [2.75, 3.05) is 19.8 Å². The highest BCUT2D eigenvalue weighted by molar-refractivity contribution is 5.87. The van der Waals surface area contributed by atoms with Crippen LogP contribution in [0.2, 0.25) is 0 Å². The summed E-state index contributed by atoms with van der Waals surface area (Å²) in [7, 11) is 0. The number of carboxylic acid groups (broad SMARTS) is 1. The number of carboxylic acids is 1. The van der Waals surface area contributed by atoms with Crippen molar-refractivity contribution in [2.45, 2.75) is 32.6 Å². The SMILES string of the molecule is CCCCCOCC(=O)NCCc1ccc(C(=O)O)cc1. The van der Waals surface area contributed by atoms with E-state index in [1.54, 1.807) is 24.3 Å². The summed E-state index contributed by atoms with van der Waals surface area (Å²) >= 11 is 0. The van der Waals surface area contributed by atoms with E-state index in [4.69, 9.17) is 9.84 Å². The molecule has 0 spiro atoms. The predicted octanol–water partition coefficient (Wildman–Crippen LogP) is 2.25. The molecule has 1 rings (SSSR count). The van der Waals surface area contributed by atoms with Crippen LogP contribution in [0.4, 0.5) is 0 Å². The van der Waals surface area contributed by atoms with Crippen LogP contribution >= 0.6 is 0 Å². The minimum Gasteiger partial charge on any atom is -0.478 e. The molecule has 0 atom stereocenters. The van der Waals surface area contributed by atoms with E-state index >= 15 is 0 Å². The van der Waals surface area contributed by atoms with Crippen molar-refractivity contribution in [3.05, 3.63) is 35.4 Å². The van der Waals surface area contributed by atoms with Gasteiger partial charge in [-0.3, -0.25) is 4.79 Å². The highest BCUT2D eigenvalue weighted by atomic mass is 16.5. The molecule has 0 aromatic heterocycles. The van der Waals surface area contributed by atoms with Gasteiger partial charge in [0.25, 0.3) is 0 Å². The molecule has 0 radical (unpaired) electrons. The number of rotatable bonds is 10. The molecule has 0 aliphatic heterocycles. The van der Waals surface area contributed by atoms with Crippen LogP contribution in [-0.2, 0) is 16.0 Å². The highest BCUT2D eigenvalue weighted by Gasteiger charge is 2.03. The molecule has 0 bridgehead atoms. The third kappa shape index (κ3) is 7.46. The summed E-state index contributed by atoms with van der Waals surface area (Å²) in [4.78, 5) is 22.2. The minimum atomic E-state index is -0.935. The Morgan fingerprint density at radius 3 is 2.52 bits per heavy atom. The number of ether oxygens (including phenoxy) is 1. The summed E-state index contributed by atoms with van der Waals surface area (Å²) in [5, 5.41) is 11.6. The molecule has 1 aromatic rings. The number of benzene rings is 1. The number of hydrogen-bond donors (Lipinski definition) is 2. The third-order valence-corrected chi connectivity index (χ3v) is 3.06. The van der Waals surface area contributed by atoms with Crippen molar-refractivity contribution in [3.8, 4) is 0 Å². The van der Waals surface area contributed by atoms with Crippen LogP contribution in [0.25, 0.3) is 0 Å². The Kier molecular flexibility index (Phi) is 8.12. The first-order chi connectivity index (χ1) is 10.1. The normalized spacial score (nSPS) is 10.3. The molecule has 0 saturated carbocycles. The van der Waals surface area contributed by atoms with Gasteiger partial charge in [-0.15, -0.1) is 0 Å². The zero-order chi connectivity index (χ0) is 15.5. The Hall–Kier alpha value is -1.88. The van der Waals surface area contributed by atoms with Gasteiger partial charge < -0.3 is 15.2 Å². The number of aromatic carboxylic acids is 1. The number of carbonyl (C=O) groups is 2. The van der Waals surface area contributed by atoms with Crippen LogP contribution in [0.15, 0.2) is 24.3 Å². The lowest BCUT2D eigenvalue weighted by Crippen LogP contribution is -2.29. The molecule has 116 valence electrons. The lowest BCUT2D eigenvalue weighted by Gasteiger charge is -2.06. The Bertz CT molecular complexity index is 442. The monoisotopic (exact) mass is 293 g/mol. The fourth-order valence-electron chi connectivity index (χ4n) is 1.83. The van der Waals surface area contributed by atoms with Gasteiger partial charge in [-0.1, -0.05) is 31.9 Å². The Balaban J connectivity index is 2.15. The smallest absolute Gasteiger partial charge is 0.335 e. The molecule has 0 aliphatic carbocycles. The summed E-state index contributed by atoms with van der Waals surface area (Å²) in [5.74, 6) is -1.05. The number of carbonyl (C=O) groups excluding carboxylic acids is 1. The van der Waals surface area contributed by atoms with Gasteiger partial charge in [0.15, 0.2) is 0 Å². The van der Waals surface area contributed by atoms with E-state index in [1.165, 1.54) is 0 Å². The molecule has 0 fully saturated rings. The van der Waals surface area contributed by atoms with Crippen molar-refractivity contribution >= 4 is 11.9 Å². The van der Waals surface area contributed by atoms with E-state index in [0.717, 1.165) is 24.8 Å². The van der Waals surface area contributed by atoms with Crippen molar-refractivity contribution in [1.29, 1.82) is 0 Å². The van der Waals surface area contributed by atoms with Gasteiger partial charge in [-0.2, -0.15) is 0 Å². The van der Waals surface area contributed by atoms with Crippen molar-refractivity contribution in [3.63, 3.8) is 0 Å². The zero-order valence-corrected chi connectivity index (χ0v) is 12.4. The van der Waals surface area contributed by atoms with E-state index in [9.17, 15) is 9.59 Å². The van der Waals surface area contributed by atoms with Crippen LogP contribution in [0.5, 0.6) is 0 Å². The van der Waals surface area contributed by atoms with Gasteiger partial charge in [-0.05, 0) is 30.5 Å². The van der Waals surface area contributed by atoms with Gasteiger partial charge in [-0.25, -0.2) is 4.79 Å². The van der Waals surface area contributed by atoms with E-state index < -0.39 is 5.97 Å². The second-order valence-corrected chi connectivity index (χ2v) is 4.86. The first kappa shape index (κ1) is 17.2. The third-order valence-electron chi connectivity index (χ3n) is 3.06. The average Bonchev–Trinajstić information content (AvgIpc) is 2.47. The quantitative estimate of drug-likeness (QED) is 0.649. The van der Waals surface area contributed by atoms with Crippen LogP contribution < -0.4 is 5.32 Å². The minimum absolute atomic E-state index is 0.0989. The fraction of sp³-hybridized carbons (Fsp3) is 0.500. The van der Waals surface area contributed by atoms with E-state index in [2.05, 4.69) is 12.2 Å². The molecule has 0 unspecified atom stereocenters. The largest absolute Gasteiger partial charge is 0.478 e.